The monoisotopic (exact) mass is 461 g/mol. The average Bonchev–Trinajstić information content (AvgIpc) is 3.63. The molecule has 0 aromatic heterocycles. The van der Waals surface area contributed by atoms with E-state index in [0.717, 1.165) is 34.5 Å². The zero-order valence-electron chi connectivity index (χ0n) is 19.8. The second-order valence-corrected chi connectivity index (χ2v) is 8.18. The number of anilines is 2. The molecule has 0 aliphatic heterocycles. The van der Waals surface area contributed by atoms with E-state index in [-0.39, 0.29) is 11.5 Å². The molecule has 3 rings (SSSR count). The molecule has 8 heteroatoms. The summed E-state index contributed by atoms with van der Waals surface area (Å²) in [6, 6.07) is 13.9. The molecule has 4 N–H and O–H groups in total. The molecule has 2 aromatic carbocycles. The number of carbonyl (C=O) groups is 2. The third-order valence-electron chi connectivity index (χ3n) is 5.84. The minimum absolute atomic E-state index is 0.172. The molecule has 0 saturated heterocycles. The molecule has 8 nitrogen and oxygen atoms in total. The summed E-state index contributed by atoms with van der Waals surface area (Å²) < 4.78 is 5.29. The van der Waals surface area contributed by atoms with Gasteiger partial charge in [-0.05, 0) is 61.2 Å². The van der Waals surface area contributed by atoms with Crippen molar-refractivity contribution in [3.8, 4) is 5.75 Å². The molecule has 0 heterocycles. The number of carbonyl (C=O) groups excluding carboxylic acids is 2. The molecule has 0 atom stereocenters. The number of methoxy groups -OCH3 is 1. The molecule has 0 radical (unpaired) electrons. The summed E-state index contributed by atoms with van der Waals surface area (Å²) in [4.78, 5) is 31.1. The Kier molecular flexibility index (Phi) is 7.73. The van der Waals surface area contributed by atoms with Gasteiger partial charge < -0.3 is 26.0 Å². The van der Waals surface area contributed by atoms with Gasteiger partial charge in [-0.2, -0.15) is 0 Å². The number of nitrogens with zero attached hydrogens (tertiary/aromatic N) is 2. The zero-order valence-corrected chi connectivity index (χ0v) is 19.8. The molecule has 0 bridgehead atoms. The van der Waals surface area contributed by atoms with E-state index in [2.05, 4.69) is 27.1 Å². The van der Waals surface area contributed by atoms with Gasteiger partial charge in [-0.3, -0.25) is 14.6 Å². The van der Waals surface area contributed by atoms with Crippen molar-refractivity contribution >= 4 is 29.4 Å². The Labute approximate surface area is 200 Å². The van der Waals surface area contributed by atoms with Crippen molar-refractivity contribution in [3.05, 3.63) is 78.1 Å². The van der Waals surface area contributed by atoms with Gasteiger partial charge in [0.15, 0.2) is 0 Å². The standard InChI is InChI=1S/C26H31N5O3/c1-5-28-17-20(15-27)24(32)30-26(12-13-26)25(33)29-16-19-6-8-21(9-7-19)31(3)23-11-10-22(34-4)14-18(23)2/h5-11,14-15,17H,1,12-13,16,27H2,2-4H3,(H,29,33)(H,30,32)/b20-15+,28-17-. The van der Waals surface area contributed by atoms with Gasteiger partial charge in [-0.25, -0.2) is 0 Å². The van der Waals surface area contributed by atoms with Crippen molar-refractivity contribution in [2.24, 2.45) is 10.7 Å². The fraction of sp³-hybridized carbons (Fsp3) is 0.269. The van der Waals surface area contributed by atoms with Crippen LogP contribution in [0.1, 0.15) is 24.0 Å². The third-order valence-corrected chi connectivity index (χ3v) is 5.84. The van der Waals surface area contributed by atoms with Crippen LogP contribution in [0.15, 0.2) is 72.0 Å². The number of benzene rings is 2. The fourth-order valence-corrected chi connectivity index (χ4v) is 3.59. The van der Waals surface area contributed by atoms with Crippen LogP contribution in [0, 0.1) is 6.92 Å². The van der Waals surface area contributed by atoms with Gasteiger partial charge in [0.25, 0.3) is 5.91 Å². The molecule has 2 aromatic rings. The number of amides is 2. The molecule has 1 aliphatic rings. The van der Waals surface area contributed by atoms with E-state index >= 15 is 0 Å². The lowest BCUT2D eigenvalue weighted by Gasteiger charge is -2.22. The molecular weight excluding hydrogens is 430 g/mol. The highest BCUT2D eigenvalue weighted by Gasteiger charge is 2.51. The maximum atomic E-state index is 12.8. The first-order chi connectivity index (χ1) is 16.3. The third kappa shape index (κ3) is 5.64. The van der Waals surface area contributed by atoms with Crippen molar-refractivity contribution < 1.29 is 14.3 Å². The maximum Gasteiger partial charge on any atom is 0.255 e. The SMILES string of the molecule is C=C/N=C\C(=C/N)C(=O)NC1(C(=O)NCc2ccc(N(C)c3ccc(OC)cc3C)cc2)CC1. The Morgan fingerprint density at radius 3 is 2.50 bits per heavy atom. The van der Waals surface area contributed by atoms with Crippen molar-refractivity contribution in [1.29, 1.82) is 0 Å². The number of aryl methyl sites for hydroxylation is 1. The van der Waals surface area contributed by atoms with Gasteiger partial charge in [0.1, 0.15) is 11.3 Å². The Balaban J connectivity index is 1.59. The van der Waals surface area contributed by atoms with Gasteiger partial charge in [0.05, 0.1) is 12.7 Å². The number of ether oxygens (including phenoxy) is 1. The van der Waals surface area contributed by atoms with Crippen LogP contribution in [0.4, 0.5) is 11.4 Å². The Morgan fingerprint density at radius 1 is 1.24 bits per heavy atom. The first-order valence-corrected chi connectivity index (χ1v) is 11.0. The molecule has 1 saturated carbocycles. The summed E-state index contributed by atoms with van der Waals surface area (Å²) >= 11 is 0. The lowest BCUT2D eigenvalue weighted by molar-refractivity contribution is -0.128. The van der Waals surface area contributed by atoms with Crippen LogP contribution in [0.5, 0.6) is 5.75 Å². The van der Waals surface area contributed by atoms with E-state index in [1.165, 1.54) is 12.4 Å². The number of aliphatic imine (C=N–C) groups is 1. The van der Waals surface area contributed by atoms with Crippen molar-refractivity contribution in [2.45, 2.75) is 31.8 Å². The van der Waals surface area contributed by atoms with Crippen LogP contribution in [-0.4, -0.2) is 37.7 Å². The summed E-state index contributed by atoms with van der Waals surface area (Å²) in [6.07, 6.45) is 4.92. The molecule has 0 spiro atoms. The van der Waals surface area contributed by atoms with Crippen LogP contribution >= 0.6 is 0 Å². The second kappa shape index (κ2) is 10.7. The lowest BCUT2D eigenvalue weighted by atomic mass is 10.1. The van der Waals surface area contributed by atoms with E-state index in [4.69, 9.17) is 10.5 Å². The van der Waals surface area contributed by atoms with Crippen molar-refractivity contribution in [1.82, 2.24) is 10.6 Å². The van der Waals surface area contributed by atoms with E-state index in [1.807, 2.05) is 56.4 Å². The van der Waals surface area contributed by atoms with Gasteiger partial charge in [0.2, 0.25) is 5.91 Å². The summed E-state index contributed by atoms with van der Waals surface area (Å²) in [5, 5.41) is 5.71. The first-order valence-electron chi connectivity index (χ1n) is 11.0. The summed E-state index contributed by atoms with van der Waals surface area (Å²) in [6.45, 7) is 5.87. The Bertz CT molecular complexity index is 1120. The number of rotatable bonds is 10. The number of nitrogens with one attached hydrogen (secondary N) is 2. The molecule has 1 aliphatic carbocycles. The molecule has 0 unspecified atom stereocenters. The zero-order chi connectivity index (χ0) is 24.7. The molecule has 34 heavy (non-hydrogen) atoms. The largest absolute Gasteiger partial charge is 0.497 e. The van der Waals surface area contributed by atoms with E-state index in [0.29, 0.717) is 19.4 Å². The van der Waals surface area contributed by atoms with Crippen LogP contribution in [0.3, 0.4) is 0 Å². The van der Waals surface area contributed by atoms with Crippen LogP contribution in [-0.2, 0) is 16.1 Å². The fourth-order valence-electron chi connectivity index (χ4n) is 3.59. The number of hydrogen-bond donors (Lipinski definition) is 3. The van der Waals surface area contributed by atoms with Crippen LogP contribution in [0.2, 0.25) is 0 Å². The summed E-state index contributed by atoms with van der Waals surface area (Å²) in [5.74, 6) is 0.167. The van der Waals surface area contributed by atoms with Crippen LogP contribution < -0.4 is 26.0 Å². The predicted molar refractivity (Wildman–Crippen MR) is 135 cm³/mol. The van der Waals surface area contributed by atoms with E-state index in [1.54, 1.807) is 7.11 Å². The highest BCUT2D eigenvalue weighted by atomic mass is 16.5. The van der Waals surface area contributed by atoms with E-state index in [9.17, 15) is 9.59 Å². The lowest BCUT2D eigenvalue weighted by Crippen LogP contribution is -2.49. The van der Waals surface area contributed by atoms with Crippen LogP contribution in [0.25, 0.3) is 0 Å². The van der Waals surface area contributed by atoms with Crippen molar-refractivity contribution in [3.63, 3.8) is 0 Å². The number of nitrogens with two attached hydrogens (primary N) is 1. The van der Waals surface area contributed by atoms with Gasteiger partial charge in [-0.15, -0.1) is 0 Å². The van der Waals surface area contributed by atoms with Gasteiger partial charge in [0, 0.05) is 43.6 Å². The quantitative estimate of drug-likeness (QED) is 0.372. The Hall–Kier alpha value is -4.07. The highest BCUT2D eigenvalue weighted by Crippen LogP contribution is 2.36. The predicted octanol–water partition coefficient (Wildman–Crippen LogP) is 3.09. The summed E-state index contributed by atoms with van der Waals surface area (Å²) in [7, 11) is 3.66. The topological polar surface area (TPSA) is 109 Å². The normalized spacial score (nSPS) is 14.4. The summed E-state index contributed by atoms with van der Waals surface area (Å²) in [5.41, 5.74) is 8.94. The molecule has 1 fully saturated rings. The van der Waals surface area contributed by atoms with Crippen molar-refractivity contribution in [2.75, 3.05) is 19.1 Å². The highest BCUT2D eigenvalue weighted by molar-refractivity contribution is 6.13. The smallest absolute Gasteiger partial charge is 0.255 e. The van der Waals surface area contributed by atoms with Gasteiger partial charge in [-0.1, -0.05) is 18.7 Å². The second-order valence-electron chi connectivity index (χ2n) is 8.18. The minimum Gasteiger partial charge on any atom is -0.497 e. The molecule has 2 amide bonds. The maximum absolute atomic E-state index is 12.8. The average molecular weight is 462 g/mol. The van der Waals surface area contributed by atoms with Gasteiger partial charge >= 0.3 is 0 Å². The molecule has 178 valence electrons. The Morgan fingerprint density at radius 2 is 1.94 bits per heavy atom. The molecular formula is C26H31N5O3. The first kappa shape index (κ1) is 24.6. The number of hydrogen-bond acceptors (Lipinski definition) is 6. The minimum atomic E-state index is -0.903. The van der Waals surface area contributed by atoms with E-state index < -0.39 is 11.4 Å².